The largest absolute Gasteiger partial charge is 0.296 e. The van der Waals surface area contributed by atoms with Gasteiger partial charge in [0, 0.05) is 38.3 Å². The van der Waals surface area contributed by atoms with Gasteiger partial charge in [-0.25, -0.2) is 17.2 Å². The summed E-state index contributed by atoms with van der Waals surface area (Å²) in [7, 11) is -4.10. The van der Waals surface area contributed by atoms with Gasteiger partial charge in [0.15, 0.2) is 5.78 Å². The lowest BCUT2D eigenvalue weighted by Gasteiger charge is -2.34. The number of hydrogen-bond acceptors (Lipinski definition) is 4. The van der Waals surface area contributed by atoms with Crippen molar-refractivity contribution in [2.45, 2.75) is 39.1 Å². The van der Waals surface area contributed by atoms with Gasteiger partial charge in [0.25, 0.3) is 0 Å². The molecule has 1 aliphatic rings. The third kappa shape index (κ3) is 4.31. The van der Waals surface area contributed by atoms with Crippen molar-refractivity contribution in [3.8, 4) is 0 Å². The SMILES string of the molecule is CC(=O)c1c(C)cc(C)c(CN2CCN(S(=O)(=O)c3cc(F)ccc3F)CC2)c1C. The Hall–Kier alpha value is -2.16. The van der Waals surface area contributed by atoms with Gasteiger partial charge in [-0.05, 0) is 68.1 Å². The van der Waals surface area contributed by atoms with Crippen molar-refractivity contribution >= 4 is 15.8 Å². The van der Waals surface area contributed by atoms with E-state index < -0.39 is 26.6 Å². The molecule has 0 bridgehead atoms. The summed E-state index contributed by atoms with van der Waals surface area (Å²) in [4.78, 5) is 13.5. The number of sulfonamides is 1. The molecule has 1 saturated heterocycles. The smallest absolute Gasteiger partial charge is 0.246 e. The molecule has 1 fully saturated rings. The Morgan fingerprint density at radius 3 is 2.23 bits per heavy atom. The monoisotopic (exact) mass is 436 g/mol. The van der Waals surface area contributed by atoms with Crippen LogP contribution < -0.4 is 0 Å². The molecule has 8 heteroatoms. The van der Waals surface area contributed by atoms with Gasteiger partial charge in [-0.1, -0.05) is 6.07 Å². The van der Waals surface area contributed by atoms with Crippen LogP contribution in [0.5, 0.6) is 0 Å². The molecular formula is C22H26F2N2O3S. The van der Waals surface area contributed by atoms with Crippen LogP contribution in [0.25, 0.3) is 0 Å². The molecule has 0 aliphatic carbocycles. The van der Waals surface area contributed by atoms with Crippen LogP contribution in [0.15, 0.2) is 29.2 Å². The summed E-state index contributed by atoms with van der Waals surface area (Å²) in [5.74, 6) is -1.72. The number of halogens is 2. The summed E-state index contributed by atoms with van der Waals surface area (Å²) >= 11 is 0. The first-order valence-corrected chi connectivity index (χ1v) is 11.2. The highest BCUT2D eigenvalue weighted by Gasteiger charge is 2.31. The molecule has 0 spiro atoms. The molecule has 0 unspecified atom stereocenters. The lowest BCUT2D eigenvalue weighted by atomic mass is 9.91. The maximum absolute atomic E-state index is 14.0. The summed E-state index contributed by atoms with van der Waals surface area (Å²) in [6, 6.07) is 4.45. The van der Waals surface area contributed by atoms with Gasteiger partial charge in [0.05, 0.1) is 0 Å². The number of carbonyl (C=O) groups is 1. The zero-order valence-electron chi connectivity index (χ0n) is 17.6. The molecule has 2 aromatic rings. The quantitative estimate of drug-likeness (QED) is 0.672. The average Bonchev–Trinajstić information content (AvgIpc) is 2.66. The third-order valence-electron chi connectivity index (χ3n) is 5.71. The predicted octanol–water partition coefficient (Wildman–Crippen LogP) is 3.60. The number of benzene rings is 2. The van der Waals surface area contributed by atoms with E-state index in [0.717, 1.165) is 46.0 Å². The standard InChI is InChI=1S/C22H26F2N2O3S/c1-14-11-15(2)22(17(4)27)16(3)19(14)13-25-7-9-26(10-8-25)30(28,29)21-12-18(23)5-6-20(21)24/h5-6,11-12H,7-10,13H2,1-4H3. The highest BCUT2D eigenvalue weighted by molar-refractivity contribution is 7.89. The first kappa shape index (κ1) is 22.5. The summed E-state index contributed by atoms with van der Waals surface area (Å²) in [5, 5.41) is 0. The van der Waals surface area contributed by atoms with Gasteiger partial charge in [0.1, 0.15) is 16.5 Å². The van der Waals surface area contributed by atoms with E-state index in [2.05, 4.69) is 4.90 Å². The summed E-state index contributed by atoms with van der Waals surface area (Å²) in [6.45, 7) is 9.31. The number of nitrogens with zero attached hydrogens (tertiary/aromatic N) is 2. The van der Waals surface area contributed by atoms with E-state index >= 15 is 0 Å². The van der Waals surface area contributed by atoms with Crippen LogP contribution in [-0.2, 0) is 16.6 Å². The van der Waals surface area contributed by atoms with Crippen molar-refractivity contribution in [3.05, 3.63) is 63.7 Å². The van der Waals surface area contributed by atoms with E-state index in [-0.39, 0.29) is 18.9 Å². The highest BCUT2D eigenvalue weighted by atomic mass is 32.2. The topological polar surface area (TPSA) is 57.7 Å². The van der Waals surface area contributed by atoms with Gasteiger partial charge in [-0.2, -0.15) is 4.31 Å². The summed E-state index contributed by atoms with van der Waals surface area (Å²) in [6.07, 6.45) is 0. The van der Waals surface area contributed by atoms with Crippen molar-refractivity contribution < 1.29 is 22.0 Å². The number of aryl methyl sites for hydroxylation is 2. The second-order valence-electron chi connectivity index (χ2n) is 7.80. The fourth-order valence-corrected chi connectivity index (χ4v) is 5.68. The molecule has 0 N–H and O–H groups in total. The molecule has 0 saturated carbocycles. The van der Waals surface area contributed by atoms with Crippen LogP contribution >= 0.6 is 0 Å². The van der Waals surface area contributed by atoms with Gasteiger partial charge >= 0.3 is 0 Å². The van der Waals surface area contributed by atoms with E-state index in [1.54, 1.807) is 6.92 Å². The molecule has 0 aromatic heterocycles. The molecular weight excluding hydrogens is 410 g/mol. The lowest BCUT2D eigenvalue weighted by Crippen LogP contribution is -2.48. The Bertz CT molecular complexity index is 1090. The van der Waals surface area contributed by atoms with Crippen LogP contribution in [0.3, 0.4) is 0 Å². The molecule has 162 valence electrons. The van der Waals surface area contributed by atoms with Crippen LogP contribution in [0.2, 0.25) is 0 Å². The van der Waals surface area contributed by atoms with E-state index in [4.69, 9.17) is 0 Å². The molecule has 0 radical (unpaired) electrons. The van der Waals surface area contributed by atoms with Gasteiger partial charge in [-0.3, -0.25) is 9.69 Å². The average molecular weight is 437 g/mol. The molecule has 1 heterocycles. The fourth-order valence-electron chi connectivity index (χ4n) is 4.18. The number of piperazine rings is 1. The van der Waals surface area contributed by atoms with Crippen LogP contribution in [0.4, 0.5) is 8.78 Å². The van der Waals surface area contributed by atoms with Crippen molar-refractivity contribution in [1.82, 2.24) is 9.21 Å². The maximum Gasteiger partial charge on any atom is 0.246 e. The van der Waals surface area contributed by atoms with Crippen LogP contribution in [0, 0.1) is 32.4 Å². The van der Waals surface area contributed by atoms with Crippen molar-refractivity contribution in [2.24, 2.45) is 0 Å². The second kappa shape index (κ2) is 8.53. The zero-order valence-corrected chi connectivity index (χ0v) is 18.4. The summed E-state index contributed by atoms with van der Waals surface area (Å²) < 4.78 is 54.2. The molecule has 3 rings (SSSR count). The summed E-state index contributed by atoms with van der Waals surface area (Å²) in [5.41, 5.74) is 4.80. The van der Waals surface area contributed by atoms with Crippen molar-refractivity contribution in [3.63, 3.8) is 0 Å². The Kier molecular flexibility index (Phi) is 6.40. The minimum Gasteiger partial charge on any atom is -0.296 e. The predicted molar refractivity (Wildman–Crippen MR) is 111 cm³/mol. The number of ketones is 1. The third-order valence-corrected chi connectivity index (χ3v) is 7.62. The fraction of sp³-hybridized carbons (Fsp3) is 0.409. The number of carbonyl (C=O) groups excluding carboxylic acids is 1. The van der Waals surface area contributed by atoms with Crippen molar-refractivity contribution in [2.75, 3.05) is 26.2 Å². The van der Waals surface area contributed by atoms with Gasteiger partial charge < -0.3 is 0 Å². The van der Waals surface area contributed by atoms with Gasteiger partial charge in [0.2, 0.25) is 10.0 Å². The van der Waals surface area contributed by atoms with E-state index in [0.29, 0.717) is 19.6 Å². The second-order valence-corrected chi connectivity index (χ2v) is 9.71. The molecule has 0 amide bonds. The number of Topliss-reactive ketones (excluding diaryl/α,β-unsaturated/α-hetero) is 1. The number of rotatable bonds is 5. The molecule has 30 heavy (non-hydrogen) atoms. The van der Waals surface area contributed by atoms with Crippen molar-refractivity contribution in [1.29, 1.82) is 0 Å². The Morgan fingerprint density at radius 1 is 1.00 bits per heavy atom. The Balaban J connectivity index is 1.76. The first-order valence-electron chi connectivity index (χ1n) is 9.80. The minimum atomic E-state index is -4.10. The first-order chi connectivity index (χ1) is 14.0. The molecule has 1 aliphatic heterocycles. The molecule has 5 nitrogen and oxygen atoms in total. The van der Waals surface area contributed by atoms with Crippen LogP contribution in [-0.4, -0.2) is 49.6 Å². The van der Waals surface area contributed by atoms with Crippen LogP contribution in [0.1, 0.15) is 39.5 Å². The molecule has 2 aromatic carbocycles. The Labute approximate surface area is 176 Å². The lowest BCUT2D eigenvalue weighted by molar-refractivity contribution is 0.101. The zero-order chi connectivity index (χ0) is 22.2. The van der Waals surface area contributed by atoms with E-state index in [9.17, 15) is 22.0 Å². The minimum absolute atomic E-state index is 0.0271. The van der Waals surface area contributed by atoms with Gasteiger partial charge in [-0.15, -0.1) is 0 Å². The number of hydrogen-bond donors (Lipinski definition) is 0. The highest BCUT2D eigenvalue weighted by Crippen LogP contribution is 2.26. The Morgan fingerprint density at radius 2 is 1.63 bits per heavy atom. The molecule has 0 atom stereocenters. The van der Waals surface area contributed by atoms with E-state index in [1.807, 2.05) is 26.8 Å². The normalized spacial score (nSPS) is 16.1. The van der Waals surface area contributed by atoms with E-state index in [1.165, 1.54) is 4.31 Å². The maximum atomic E-state index is 14.0.